The minimum Gasteiger partial charge on any atom is -0.389 e. The van der Waals surface area contributed by atoms with Crippen molar-refractivity contribution in [1.82, 2.24) is 4.72 Å². The lowest BCUT2D eigenvalue weighted by Crippen LogP contribution is -2.44. The monoisotopic (exact) mass is 283 g/mol. The van der Waals surface area contributed by atoms with Gasteiger partial charge in [-0.15, -0.1) is 0 Å². The topological polar surface area (TPSA) is 66.4 Å². The Labute approximate surface area is 114 Å². The lowest BCUT2D eigenvalue weighted by atomic mass is 9.85. The second-order valence-electron chi connectivity index (χ2n) is 5.38. The molecule has 1 aliphatic rings. The summed E-state index contributed by atoms with van der Waals surface area (Å²) in [4.78, 5) is 0.286. The molecule has 19 heavy (non-hydrogen) atoms. The molecule has 0 heterocycles. The van der Waals surface area contributed by atoms with E-state index in [0.717, 1.165) is 19.3 Å². The van der Waals surface area contributed by atoms with E-state index in [2.05, 4.69) is 4.72 Å². The van der Waals surface area contributed by atoms with E-state index in [1.807, 2.05) is 6.07 Å². The van der Waals surface area contributed by atoms with E-state index in [-0.39, 0.29) is 11.4 Å². The van der Waals surface area contributed by atoms with Gasteiger partial charge in [0.05, 0.1) is 10.5 Å². The zero-order valence-electron chi connectivity index (χ0n) is 11.2. The number of aliphatic hydroxyl groups is 1. The van der Waals surface area contributed by atoms with Crippen molar-refractivity contribution < 1.29 is 13.5 Å². The van der Waals surface area contributed by atoms with Crippen molar-refractivity contribution in [2.24, 2.45) is 0 Å². The molecule has 0 aromatic heterocycles. The van der Waals surface area contributed by atoms with E-state index in [1.54, 1.807) is 25.1 Å². The number of hydrogen-bond acceptors (Lipinski definition) is 3. The molecule has 5 heteroatoms. The molecule has 2 N–H and O–H groups in total. The summed E-state index contributed by atoms with van der Waals surface area (Å²) in [6.45, 7) is 1.87. The van der Waals surface area contributed by atoms with E-state index in [4.69, 9.17) is 0 Å². The molecule has 1 saturated carbocycles. The van der Waals surface area contributed by atoms with Crippen LogP contribution in [0.4, 0.5) is 0 Å². The molecule has 0 aliphatic heterocycles. The third-order valence-corrected chi connectivity index (χ3v) is 5.32. The van der Waals surface area contributed by atoms with Crippen LogP contribution in [0.3, 0.4) is 0 Å². The Morgan fingerprint density at radius 1 is 1.21 bits per heavy atom. The Morgan fingerprint density at radius 2 is 1.84 bits per heavy atom. The van der Waals surface area contributed by atoms with Crippen molar-refractivity contribution in [2.75, 3.05) is 6.54 Å². The number of nitrogens with one attached hydrogen (secondary N) is 1. The average molecular weight is 283 g/mol. The second-order valence-corrected chi connectivity index (χ2v) is 7.11. The molecule has 4 nitrogen and oxygen atoms in total. The largest absolute Gasteiger partial charge is 0.389 e. The second kappa shape index (κ2) is 5.61. The van der Waals surface area contributed by atoms with Crippen LogP contribution in [0, 0.1) is 6.92 Å². The predicted octanol–water partition coefficient (Wildman–Crippen LogP) is 1.97. The van der Waals surface area contributed by atoms with Gasteiger partial charge in [-0.3, -0.25) is 0 Å². The van der Waals surface area contributed by atoms with E-state index in [0.29, 0.717) is 18.4 Å². The molecule has 1 fully saturated rings. The standard InChI is InChI=1S/C14H21NO3S/c1-12-7-3-4-8-13(12)19(17,18)15-11-14(16)9-5-2-6-10-14/h3-4,7-8,15-16H,2,5-6,9-11H2,1H3. The van der Waals surface area contributed by atoms with Crippen LogP contribution in [-0.4, -0.2) is 25.7 Å². The maximum absolute atomic E-state index is 12.2. The molecule has 1 aromatic carbocycles. The van der Waals surface area contributed by atoms with Gasteiger partial charge in [-0.1, -0.05) is 37.5 Å². The molecule has 1 aliphatic carbocycles. The van der Waals surface area contributed by atoms with Crippen LogP contribution in [-0.2, 0) is 10.0 Å². The molecule has 2 rings (SSSR count). The van der Waals surface area contributed by atoms with Crippen molar-refractivity contribution in [3.05, 3.63) is 29.8 Å². The summed E-state index contributed by atoms with van der Waals surface area (Å²) in [5.74, 6) is 0. The zero-order chi connectivity index (χ0) is 13.9. The number of rotatable bonds is 4. The number of hydrogen-bond donors (Lipinski definition) is 2. The van der Waals surface area contributed by atoms with Gasteiger partial charge in [0.2, 0.25) is 10.0 Å². The Kier molecular flexibility index (Phi) is 4.28. The van der Waals surface area contributed by atoms with Gasteiger partial charge >= 0.3 is 0 Å². The molecule has 106 valence electrons. The van der Waals surface area contributed by atoms with Gasteiger partial charge in [0.15, 0.2) is 0 Å². The fourth-order valence-corrected chi connectivity index (χ4v) is 3.92. The molecule has 0 spiro atoms. The van der Waals surface area contributed by atoms with E-state index < -0.39 is 15.6 Å². The highest BCUT2D eigenvalue weighted by molar-refractivity contribution is 7.89. The minimum absolute atomic E-state index is 0.101. The molecular formula is C14H21NO3S. The smallest absolute Gasteiger partial charge is 0.240 e. The van der Waals surface area contributed by atoms with Gasteiger partial charge < -0.3 is 5.11 Å². The van der Waals surface area contributed by atoms with Crippen LogP contribution in [0.1, 0.15) is 37.7 Å². The zero-order valence-corrected chi connectivity index (χ0v) is 12.0. The van der Waals surface area contributed by atoms with Gasteiger partial charge in [-0.2, -0.15) is 0 Å². The summed E-state index contributed by atoms with van der Waals surface area (Å²) < 4.78 is 27.0. The molecule has 1 aromatic rings. The maximum Gasteiger partial charge on any atom is 0.240 e. The third-order valence-electron chi connectivity index (χ3n) is 3.76. The molecule has 0 unspecified atom stereocenters. The summed E-state index contributed by atoms with van der Waals surface area (Å²) in [6.07, 6.45) is 4.38. The first-order valence-corrected chi connectivity index (χ1v) is 8.19. The number of sulfonamides is 1. The molecule has 0 atom stereocenters. The highest BCUT2D eigenvalue weighted by Gasteiger charge is 2.31. The molecule has 0 radical (unpaired) electrons. The van der Waals surface area contributed by atoms with Crippen LogP contribution >= 0.6 is 0 Å². The van der Waals surface area contributed by atoms with Gasteiger partial charge in [0, 0.05) is 6.54 Å². The third kappa shape index (κ3) is 3.55. The Morgan fingerprint density at radius 3 is 2.47 bits per heavy atom. The van der Waals surface area contributed by atoms with Crippen LogP contribution in [0.15, 0.2) is 29.2 Å². The molecule has 0 bridgehead atoms. The van der Waals surface area contributed by atoms with Gasteiger partial charge in [0.25, 0.3) is 0 Å². The Balaban J connectivity index is 2.08. The summed E-state index contributed by atoms with van der Waals surface area (Å²) in [5, 5.41) is 10.3. The lowest BCUT2D eigenvalue weighted by molar-refractivity contribution is 0.00945. The Hall–Kier alpha value is -0.910. The first kappa shape index (κ1) is 14.5. The van der Waals surface area contributed by atoms with Crippen LogP contribution in [0.2, 0.25) is 0 Å². The average Bonchev–Trinajstić information content (AvgIpc) is 2.38. The van der Waals surface area contributed by atoms with Crippen LogP contribution in [0.25, 0.3) is 0 Å². The SMILES string of the molecule is Cc1ccccc1S(=O)(=O)NCC1(O)CCCCC1. The van der Waals surface area contributed by atoms with Gasteiger partial charge in [0.1, 0.15) is 0 Å². The number of benzene rings is 1. The lowest BCUT2D eigenvalue weighted by Gasteiger charge is -2.32. The summed E-state index contributed by atoms with van der Waals surface area (Å²) in [6, 6.07) is 6.87. The van der Waals surface area contributed by atoms with Crippen LogP contribution in [0.5, 0.6) is 0 Å². The summed E-state index contributed by atoms with van der Waals surface area (Å²) in [7, 11) is -3.54. The molecule has 0 saturated heterocycles. The molecular weight excluding hydrogens is 262 g/mol. The van der Waals surface area contributed by atoms with Crippen molar-refractivity contribution >= 4 is 10.0 Å². The van der Waals surface area contributed by atoms with Gasteiger partial charge in [-0.25, -0.2) is 13.1 Å². The van der Waals surface area contributed by atoms with E-state index >= 15 is 0 Å². The predicted molar refractivity (Wildman–Crippen MR) is 74.4 cm³/mol. The summed E-state index contributed by atoms with van der Waals surface area (Å²) in [5.41, 5.74) is -0.167. The Bertz CT molecular complexity index is 533. The first-order valence-electron chi connectivity index (χ1n) is 6.71. The van der Waals surface area contributed by atoms with Crippen molar-refractivity contribution in [1.29, 1.82) is 0 Å². The van der Waals surface area contributed by atoms with Crippen molar-refractivity contribution in [2.45, 2.75) is 49.5 Å². The molecule has 0 amide bonds. The van der Waals surface area contributed by atoms with E-state index in [9.17, 15) is 13.5 Å². The van der Waals surface area contributed by atoms with Crippen molar-refractivity contribution in [3.63, 3.8) is 0 Å². The fraction of sp³-hybridized carbons (Fsp3) is 0.571. The van der Waals surface area contributed by atoms with Crippen LogP contribution < -0.4 is 4.72 Å². The highest BCUT2D eigenvalue weighted by atomic mass is 32.2. The minimum atomic E-state index is -3.54. The normalized spacial score (nSPS) is 19.3. The van der Waals surface area contributed by atoms with Gasteiger partial charge in [-0.05, 0) is 31.4 Å². The summed E-state index contributed by atoms with van der Waals surface area (Å²) >= 11 is 0. The highest BCUT2D eigenvalue weighted by Crippen LogP contribution is 2.27. The quantitative estimate of drug-likeness (QED) is 0.888. The first-order chi connectivity index (χ1) is 8.93. The van der Waals surface area contributed by atoms with E-state index in [1.165, 1.54) is 0 Å². The number of aryl methyl sites for hydroxylation is 1. The fourth-order valence-electron chi connectivity index (χ4n) is 2.55. The maximum atomic E-state index is 12.2. The van der Waals surface area contributed by atoms with Crippen molar-refractivity contribution in [3.8, 4) is 0 Å².